The third kappa shape index (κ3) is 6.25. The van der Waals surface area contributed by atoms with Crippen molar-refractivity contribution in [3.63, 3.8) is 0 Å². The average Bonchev–Trinajstić information content (AvgIpc) is 3.15. The average molecular weight is 597 g/mol. The molecule has 9 nitrogen and oxygen atoms in total. The van der Waals surface area contributed by atoms with E-state index < -0.39 is 35.0 Å². The number of methoxy groups -OCH3 is 1. The van der Waals surface area contributed by atoms with Crippen molar-refractivity contribution < 1.29 is 34.1 Å². The molecule has 4 rings (SSSR count). The van der Waals surface area contributed by atoms with E-state index in [4.69, 9.17) is 9.47 Å². The lowest BCUT2D eigenvalue weighted by Gasteiger charge is -2.63. The molecule has 1 aromatic rings. The van der Waals surface area contributed by atoms with E-state index in [0.717, 1.165) is 5.56 Å². The summed E-state index contributed by atoms with van der Waals surface area (Å²) in [5.41, 5.74) is -1.08. The molecule has 0 unspecified atom stereocenters. The molecule has 236 valence electrons. The van der Waals surface area contributed by atoms with Crippen molar-refractivity contribution in [1.82, 2.24) is 9.80 Å². The Labute approximate surface area is 255 Å². The number of likely N-dealkylation sites (tertiary alicyclic amines) is 2. The fourth-order valence-corrected chi connectivity index (χ4v) is 8.19. The first-order chi connectivity index (χ1) is 20.7. The first-order valence-corrected chi connectivity index (χ1v) is 15.6. The van der Waals surface area contributed by atoms with Gasteiger partial charge in [-0.1, -0.05) is 24.3 Å². The third-order valence-corrected chi connectivity index (χ3v) is 9.97. The lowest BCUT2D eigenvalue weighted by atomic mass is 9.51. The zero-order valence-corrected chi connectivity index (χ0v) is 25.7. The molecule has 1 aromatic carbocycles. The standard InChI is InChI=1S/C34H48N2O7/c1-5-8-9-11-29(39)35-19-17-28-27-20-33(23-37,18-16-25(38)10-6-2)32(35)34(28,21-30(40)43-7-3)36(31(27)41)22-24-12-14-26(42-4)15-13-24/h5-6,12-15,25,27-28,32,37-38H,1-2,7-11,16-23H2,3-4H3/t25-,27-,28+,32-,33-,34-/m0/s1. The van der Waals surface area contributed by atoms with E-state index in [-0.39, 0.29) is 43.9 Å². The fourth-order valence-electron chi connectivity index (χ4n) is 8.19. The molecule has 2 heterocycles. The summed E-state index contributed by atoms with van der Waals surface area (Å²) >= 11 is 0. The minimum Gasteiger partial charge on any atom is -0.497 e. The maximum atomic E-state index is 14.4. The molecule has 9 heteroatoms. The van der Waals surface area contributed by atoms with Crippen molar-refractivity contribution in [2.24, 2.45) is 17.3 Å². The van der Waals surface area contributed by atoms with Crippen LogP contribution in [0.4, 0.5) is 0 Å². The van der Waals surface area contributed by atoms with Crippen LogP contribution in [0, 0.1) is 17.3 Å². The molecular weight excluding hydrogens is 548 g/mol. The van der Waals surface area contributed by atoms with Crippen LogP contribution >= 0.6 is 0 Å². The second-order valence-electron chi connectivity index (χ2n) is 12.4. The number of carbonyl (C=O) groups excluding carboxylic acids is 3. The number of nitrogens with zero attached hydrogens (tertiary/aromatic N) is 2. The number of benzene rings is 1. The van der Waals surface area contributed by atoms with E-state index in [0.29, 0.717) is 63.7 Å². The Morgan fingerprint density at radius 2 is 1.95 bits per heavy atom. The van der Waals surface area contributed by atoms with Crippen molar-refractivity contribution >= 4 is 17.8 Å². The van der Waals surface area contributed by atoms with Crippen molar-refractivity contribution in [3.8, 4) is 5.75 Å². The molecule has 2 saturated heterocycles. The number of ether oxygens (including phenoxy) is 2. The smallest absolute Gasteiger partial charge is 0.308 e. The van der Waals surface area contributed by atoms with E-state index in [1.54, 1.807) is 26.2 Å². The van der Waals surface area contributed by atoms with Crippen LogP contribution in [0.3, 0.4) is 0 Å². The Bertz CT molecular complexity index is 1170. The highest BCUT2D eigenvalue weighted by molar-refractivity contribution is 5.87. The number of carbonyl (C=O) groups is 3. The number of esters is 1. The van der Waals surface area contributed by atoms with Crippen molar-refractivity contribution in [3.05, 3.63) is 55.1 Å². The molecule has 2 amide bonds. The van der Waals surface area contributed by atoms with Gasteiger partial charge in [0.25, 0.3) is 0 Å². The predicted molar refractivity (Wildman–Crippen MR) is 163 cm³/mol. The Morgan fingerprint density at radius 3 is 2.58 bits per heavy atom. The molecule has 0 radical (unpaired) electrons. The molecule has 1 saturated carbocycles. The zero-order valence-electron chi connectivity index (χ0n) is 25.7. The Kier molecular flexibility index (Phi) is 10.7. The molecule has 0 spiro atoms. The summed E-state index contributed by atoms with van der Waals surface area (Å²) in [6, 6.07) is 6.88. The number of hydrogen-bond donors (Lipinski definition) is 2. The van der Waals surface area contributed by atoms with Gasteiger partial charge in [0.05, 0.1) is 44.4 Å². The predicted octanol–water partition coefficient (Wildman–Crippen LogP) is 4.02. The van der Waals surface area contributed by atoms with Crippen LogP contribution in [0.2, 0.25) is 0 Å². The second kappa shape index (κ2) is 14.1. The highest BCUT2D eigenvalue weighted by Gasteiger charge is 2.73. The van der Waals surface area contributed by atoms with Crippen LogP contribution in [0.15, 0.2) is 49.6 Å². The summed E-state index contributed by atoms with van der Waals surface area (Å²) in [5.74, 6) is -0.430. The summed E-state index contributed by atoms with van der Waals surface area (Å²) in [5, 5.41) is 21.9. The van der Waals surface area contributed by atoms with Gasteiger partial charge >= 0.3 is 5.97 Å². The van der Waals surface area contributed by atoms with Gasteiger partial charge in [-0.3, -0.25) is 14.4 Å². The largest absolute Gasteiger partial charge is 0.497 e. The summed E-state index contributed by atoms with van der Waals surface area (Å²) in [7, 11) is 1.60. The van der Waals surface area contributed by atoms with Crippen molar-refractivity contribution in [2.75, 3.05) is 26.9 Å². The monoisotopic (exact) mass is 596 g/mol. The minimum absolute atomic E-state index is 0.0554. The number of piperidine rings is 1. The van der Waals surface area contributed by atoms with Crippen LogP contribution in [-0.4, -0.2) is 82.3 Å². The lowest BCUT2D eigenvalue weighted by molar-refractivity contribution is -0.181. The SMILES string of the molecule is C=CCCCC(=O)N1CC[C@@H]2[C@@H]3C[C@](CO)(CC[C@@H](O)CC=C)[C@H]1[C@@]2(CC(=O)OCC)N(Cc1ccc(OC)cc1)C3=O. The number of allylic oxidation sites excluding steroid dienone is 1. The number of aliphatic hydroxyl groups excluding tert-OH is 2. The van der Waals surface area contributed by atoms with Crippen LogP contribution in [0.5, 0.6) is 5.75 Å². The van der Waals surface area contributed by atoms with Crippen LogP contribution < -0.4 is 4.74 Å². The Morgan fingerprint density at radius 1 is 1.21 bits per heavy atom. The van der Waals surface area contributed by atoms with Crippen molar-refractivity contribution in [2.45, 2.75) is 88.9 Å². The van der Waals surface area contributed by atoms with E-state index in [1.807, 2.05) is 34.1 Å². The van der Waals surface area contributed by atoms with Gasteiger partial charge in [0, 0.05) is 30.8 Å². The van der Waals surface area contributed by atoms with Crippen molar-refractivity contribution in [1.29, 1.82) is 0 Å². The Hall–Kier alpha value is -3.17. The summed E-state index contributed by atoms with van der Waals surface area (Å²) in [4.78, 5) is 45.5. The number of aliphatic hydroxyl groups is 2. The van der Waals surface area contributed by atoms with Gasteiger partial charge < -0.3 is 29.5 Å². The van der Waals surface area contributed by atoms with Crippen LogP contribution in [0.1, 0.15) is 70.3 Å². The van der Waals surface area contributed by atoms with Gasteiger partial charge in [-0.25, -0.2) is 0 Å². The second-order valence-corrected chi connectivity index (χ2v) is 12.4. The zero-order chi connectivity index (χ0) is 31.2. The molecule has 3 aliphatic rings. The van der Waals surface area contributed by atoms with Crippen LogP contribution in [-0.2, 0) is 25.7 Å². The maximum Gasteiger partial charge on any atom is 0.308 e. The topological polar surface area (TPSA) is 117 Å². The number of rotatable bonds is 16. The first-order valence-electron chi connectivity index (χ1n) is 15.6. The molecule has 1 aliphatic carbocycles. The summed E-state index contributed by atoms with van der Waals surface area (Å²) < 4.78 is 10.8. The highest BCUT2D eigenvalue weighted by Crippen LogP contribution is 2.63. The molecule has 3 fully saturated rings. The molecule has 43 heavy (non-hydrogen) atoms. The molecule has 2 N–H and O–H groups in total. The van der Waals surface area contributed by atoms with Gasteiger partial charge in [-0.15, -0.1) is 13.2 Å². The fraction of sp³-hybridized carbons (Fsp3) is 0.618. The Balaban J connectivity index is 1.86. The molecule has 2 aliphatic heterocycles. The van der Waals surface area contributed by atoms with E-state index >= 15 is 0 Å². The lowest BCUT2D eigenvalue weighted by Crippen LogP contribution is -2.75. The minimum atomic E-state index is -1.06. The summed E-state index contributed by atoms with van der Waals surface area (Å²) in [6.07, 6.45) is 6.51. The number of amides is 2. The summed E-state index contributed by atoms with van der Waals surface area (Å²) in [6.45, 7) is 9.90. The maximum absolute atomic E-state index is 14.4. The third-order valence-electron chi connectivity index (χ3n) is 9.97. The van der Waals surface area contributed by atoms with Gasteiger partial charge in [0.2, 0.25) is 11.8 Å². The van der Waals surface area contributed by atoms with Gasteiger partial charge in [0.15, 0.2) is 0 Å². The van der Waals surface area contributed by atoms with E-state index in [1.165, 1.54) is 0 Å². The van der Waals surface area contributed by atoms with Gasteiger partial charge in [0.1, 0.15) is 5.75 Å². The van der Waals surface area contributed by atoms with E-state index in [2.05, 4.69) is 13.2 Å². The molecule has 4 bridgehead atoms. The normalized spacial score (nSPS) is 28.4. The highest BCUT2D eigenvalue weighted by atomic mass is 16.5. The van der Waals surface area contributed by atoms with Gasteiger partial charge in [-0.2, -0.15) is 0 Å². The van der Waals surface area contributed by atoms with Crippen LogP contribution in [0.25, 0.3) is 0 Å². The number of unbranched alkanes of at least 4 members (excludes halogenated alkanes) is 1. The first kappa shape index (κ1) is 32.7. The van der Waals surface area contributed by atoms with Gasteiger partial charge in [-0.05, 0) is 75.5 Å². The van der Waals surface area contributed by atoms with E-state index in [9.17, 15) is 24.6 Å². The molecular formula is C34H48N2O7. The quantitative estimate of drug-likeness (QED) is 0.168. The number of hydrogen-bond acceptors (Lipinski definition) is 7. The molecule has 0 aromatic heterocycles. The molecule has 6 atom stereocenters.